The van der Waals surface area contributed by atoms with Crippen molar-refractivity contribution in [2.75, 3.05) is 5.32 Å². The highest BCUT2D eigenvalue weighted by Gasteiger charge is 2.30. The molecule has 0 fully saturated rings. The van der Waals surface area contributed by atoms with E-state index in [0.717, 1.165) is 27.7 Å². The van der Waals surface area contributed by atoms with Gasteiger partial charge in [-0.2, -0.15) is 18.3 Å². The highest BCUT2D eigenvalue weighted by Crippen LogP contribution is 2.32. The minimum absolute atomic E-state index is 0.0438. The van der Waals surface area contributed by atoms with Gasteiger partial charge in [-0.05, 0) is 55.0 Å². The van der Waals surface area contributed by atoms with Crippen LogP contribution in [0.15, 0.2) is 74.0 Å². The third kappa shape index (κ3) is 6.58. The molecule has 0 saturated carbocycles. The third-order valence-corrected chi connectivity index (χ3v) is 6.20. The Labute approximate surface area is 211 Å². The molecule has 4 aromatic rings. The van der Waals surface area contributed by atoms with E-state index < -0.39 is 17.6 Å². The van der Waals surface area contributed by atoms with Gasteiger partial charge in [-0.3, -0.25) is 4.79 Å². The Morgan fingerprint density at radius 3 is 2.80 bits per heavy atom. The lowest BCUT2D eigenvalue weighted by atomic mass is 10.1. The van der Waals surface area contributed by atoms with Gasteiger partial charge >= 0.3 is 6.18 Å². The maximum absolute atomic E-state index is 12.9. The summed E-state index contributed by atoms with van der Waals surface area (Å²) in [7, 11) is 0. The predicted octanol–water partition coefficient (Wildman–Crippen LogP) is 6.93. The van der Waals surface area contributed by atoms with Crippen LogP contribution in [0.4, 0.5) is 24.0 Å². The Kier molecular flexibility index (Phi) is 7.37. The second kappa shape index (κ2) is 10.4. The molecule has 0 spiro atoms. The van der Waals surface area contributed by atoms with Crippen molar-refractivity contribution in [3.8, 4) is 11.3 Å². The predicted molar refractivity (Wildman–Crippen MR) is 133 cm³/mol. The molecule has 2 N–H and O–H groups in total. The van der Waals surface area contributed by atoms with Gasteiger partial charge in [-0.15, -0.1) is 11.3 Å². The number of hydrogen-bond donors (Lipinski definition) is 2. The van der Waals surface area contributed by atoms with Crippen LogP contribution in [0.5, 0.6) is 0 Å². The fourth-order valence-corrected chi connectivity index (χ4v) is 4.52. The summed E-state index contributed by atoms with van der Waals surface area (Å²) in [5.41, 5.74) is 4.39. The highest BCUT2D eigenvalue weighted by molar-refractivity contribution is 9.10. The van der Waals surface area contributed by atoms with Gasteiger partial charge in [-0.1, -0.05) is 28.1 Å². The molecule has 2 aromatic heterocycles. The third-order valence-electron chi connectivity index (χ3n) is 4.73. The number of aromatic nitrogens is 1. The standard InChI is InChI=1S/C24H18BrF3N4O2S/c1-14-5-7-19(20(25)9-14)21-8-6-18(34-21)12-29-32-22(33)11-17-13-35-23(31-17)30-16-4-2-3-15(10-16)24(26,27)28/h2-10,12-13H,11H2,1H3,(H,30,31)(H,32,33)/b29-12-. The van der Waals surface area contributed by atoms with Crippen molar-refractivity contribution in [2.24, 2.45) is 5.10 Å². The van der Waals surface area contributed by atoms with Gasteiger partial charge in [0.1, 0.15) is 11.5 Å². The summed E-state index contributed by atoms with van der Waals surface area (Å²) in [5, 5.41) is 8.77. The molecule has 0 bridgehead atoms. The average molecular weight is 563 g/mol. The number of alkyl halides is 3. The van der Waals surface area contributed by atoms with E-state index in [2.05, 4.69) is 36.8 Å². The van der Waals surface area contributed by atoms with Gasteiger partial charge in [0, 0.05) is 21.1 Å². The zero-order valence-corrected chi connectivity index (χ0v) is 20.6. The van der Waals surface area contributed by atoms with Gasteiger partial charge in [0.15, 0.2) is 5.13 Å². The number of nitrogens with zero attached hydrogens (tertiary/aromatic N) is 2. The maximum Gasteiger partial charge on any atom is 0.416 e. The number of furan rings is 1. The van der Waals surface area contributed by atoms with Crippen LogP contribution in [0.3, 0.4) is 0 Å². The fraction of sp³-hybridized carbons (Fsp3) is 0.125. The van der Waals surface area contributed by atoms with E-state index in [1.54, 1.807) is 11.4 Å². The lowest BCUT2D eigenvalue weighted by Crippen LogP contribution is -2.19. The molecule has 0 radical (unpaired) electrons. The van der Waals surface area contributed by atoms with E-state index in [1.807, 2.05) is 31.2 Å². The normalized spacial score (nSPS) is 11.7. The number of halogens is 4. The minimum Gasteiger partial charge on any atom is -0.455 e. The number of nitrogens with one attached hydrogen (secondary N) is 2. The average Bonchev–Trinajstić information content (AvgIpc) is 3.43. The zero-order valence-electron chi connectivity index (χ0n) is 18.2. The van der Waals surface area contributed by atoms with Crippen molar-refractivity contribution in [1.82, 2.24) is 10.4 Å². The number of carbonyl (C=O) groups excluding carboxylic acids is 1. The van der Waals surface area contributed by atoms with Crippen molar-refractivity contribution < 1.29 is 22.4 Å². The number of anilines is 2. The van der Waals surface area contributed by atoms with E-state index in [4.69, 9.17) is 4.42 Å². The van der Waals surface area contributed by atoms with E-state index in [1.165, 1.54) is 29.7 Å². The fourth-order valence-electron chi connectivity index (χ4n) is 3.10. The number of hydrazone groups is 1. The molecule has 6 nitrogen and oxygen atoms in total. The van der Waals surface area contributed by atoms with Crippen LogP contribution in [-0.2, 0) is 17.4 Å². The second-order valence-corrected chi connectivity index (χ2v) is 9.22. The molecule has 2 aromatic carbocycles. The number of hydrogen-bond acceptors (Lipinski definition) is 6. The summed E-state index contributed by atoms with van der Waals surface area (Å²) in [5.74, 6) is 0.729. The molecule has 0 aliphatic heterocycles. The zero-order chi connectivity index (χ0) is 25.0. The van der Waals surface area contributed by atoms with Crippen LogP contribution < -0.4 is 10.7 Å². The molecule has 35 heavy (non-hydrogen) atoms. The first-order valence-corrected chi connectivity index (χ1v) is 11.9. The molecule has 1 amide bonds. The van der Waals surface area contributed by atoms with Crippen LogP contribution in [-0.4, -0.2) is 17.1 Å². The first-order chi connectivity index (χ1) is 16.7. The van der Waals surface area contributed by atoms with Gasteiger partial charge in [0.25, 0.3) is 0 Å². The number of rotatable bonds is 7. The summed E-state index contributed by atoms with van der Waals surface area (Å²) in [6.45, 7) is 2.00. The van der Waals surface area contributed by atoms with Gasteiger partial charge in [0.05, 0.1) is 23.9 Å². The summed E-state index contributed by atoms with van der Waals surface area (Å²) < 4.78 is 45.3. The monoisotopic (exact) mass is 562 g/mol. The Morgan fingerprint density at radius 1 is 1.20 bits per heavy atom. The molecule has 0 saturated heterocycles. The van der Waals surface area contributed by atoms with Crippen molar-refractivity contribution in [1.29, 1.82) is 0 Å². The molecular weight excluding hydrogens is 545 g/mol. The SMILES string of the molecule is Cc1ccc(-c2ccc(/C=N\NC(=O)Cc3csc(Nc4cccc(C(F)(F)F)c4)n3)o2)c(Br)c1. The lowest BCUT2D eigenvalue weighted by Gasteiger charge is -2.08. The van der Waals surface area contributed by atoms with Crippen LogP contribution >= 0.6 is 27.3 Å². The quantitative estimate of drug-likeness (QED) is 0.189. The van der Waals surface area contributed by atoms with Crippen LogP contribution in [0.2, 0.25) is 0 Å². The Balaban J connectivity index is 1.31. The highest BCUT2D eigenvalue weighted by atomic mass is 79.9. The molecular formula is C24H18BrF3N4O2S. The topological polar surface area (TPSA) is 79.5 Å². The summed E-state index contributed by atoms with van der Waals surface area (Å²) in [4.78, 5) is 16.4. The summed E-state index contributed by atoms with van der Waals surface area (Å²) >= 11 is 4.70. The van der Waals surface area contributed by atoms with Gasteiger partial charge < -0.3 is 9.73 Å². The molecule has 2 heterocycles. The van der Waals surface area contributed by atoms with E-state index in [9.17, 15) is 18.0 Å². The van der Waals surface area contributed by atoms with Crippen LogP contribution in [0.25, 0.3) is 11.3 Å². The lowest BCUT2D eigenvalue weighted by molar-refractivity contribution is -0.137. The van der Waals surface area contributed by atoms with Crippen molar-refractivity contribution in [3.63, 3.8) is 0 Å². The number of carbonyl (C=O) groups is 1. The van der Waals surface area contributed by atoms with E-state index in [0.29, 0.717) is 22.3 Å². The summed E-state index contributed by atoms with van der Waals surface area (Å²) in [6, 6.07) is 14.3. The molecule has 0 atom stereocenters. The van der Waals surface area contributed by atoms with Gasteiger partial charge in [-0.25, -0.2) is 10.4 Å². The molecule has 0 aliphatic rings. The number of benzene rings is 2. The molecule has 180 valence electrons. The minimum atomic E-state index is -4.43. The second-order valence-electron chi connectivity index (χ2n) is 7.50. The van der Waals surface area contributed by atoms with E-state index >= 15 is 0 Å². The van der Waals surface area contributed by atoms with Crippen LogP contribution in [0, 0.1) is 6.92 Å². The first kappa shape index (κ1) is 24.7. The Hall–Kier alpha value is -3.44. The summed E-state index contributed by atoms with van der Waals surface area (Å²) in [6.07, 6.45) is -3.08. The molecule has 4 rings (SSSR count). The smallest absolute Gasteiger partial charge is 0.416 e. The van der Waals surface area contributed by atoms with Crippen LogP contribution in [0.1, 0.15) is 22.6 Å². The van der Waals surface area contributed by atoms with Crippen molar-refractivity contribution >= 4 is 50.2 Å². The molecule has 11 heteroatoms. The maximum atomic E-state index is 12.9. The number of amides is 1. The van der Waals surface area contributed by atoms with Crippen molar-refractivity contribution in [3.05, 3.63) is 87.0 Å². The Morgan fingerprint density at radius 2 is 2.03 bits per heavy atom. The first-order valence-electron chi connectivity index (χ1n) is 10.2. The van der Waals surface area contributed by atoms with Gasteiger partial charge in [0.2, 0.25) is 5.91 Å². The van der Waals surface area contributed by atoms with Crippen molar-refractivity contribution in [2.45, 2.75) is 19.5 Å². The number of thiazole rings is 1. The molecule has 0 unspecified atom stereocenters. The van der Waals surface area contributed by atoms with E-state index in [-0.39, 0.29) is 12.1 Å². The Bertz CT molecular complexity index is 1380. The molecule has 0 aliphatic carbocycles. The number of aryl methyl sites for hydroxylation is 1. The largest absolute Gasteiger partial charge is 0.455 e.